The molecule has 0 aliphatic carbocycles. The monoisotopic (exact) mass is 336 g/mol. The molecule has 7 heteroatoms. The fraction of sp³-hybridized carbons (Fsp3) is 0.0556. The van der Waals surface area contributed by atoms with E-state index in [1.54, 1.807) is 55.6 Å². The Morgan fingerprint density at radius 1 is 1.04 bits per heavy atom. The molecule has 0 unspecified atom stereocenters. The van der Waals surface area contributed by atoms with Crippen LogP contribution in [0.2, 0.25) is 0 Å². The van der Waals surface area contributed by atoms with Gasteiger partial charge in [0.05, 0.1) is 0 Å². The summed E-state index contributed by atoms with van der Waals surface area (Å²) >= 11 is 0. The highest BCUT2D eigenvalue weighted by Gasteiger charge is 2.07. The minimum Gasteiger partial charge on any atom is -0.478 e. The van der Waals surface area contributed by atoms with E-state index in [0.717, 1.165) is 11.6 Å². The zero-order chi connectivity index (χ0) is 18.2. The molecule has 126 valence electrons. The van der Waals surface area contributed by atoms with Crippen molar-refractivity contribution in [2.45, 2.75) is 0 Å². The molecular formula is C18H16N4O3. The number of carboxylic acids is 1. The van der Waals surface area contributed by atoms with Gasteiger partial charge in [-0.05, 0) is 35.9 Å². The molecule has 0 aliphatic rings. The number of carboxylic acid groups (broad SMARTS) is 1. The van der Waals surface area contributed by atoms with Gasteiger partial charge in [-0.1, -0.05) is 24.3 Å². The average Bonchev–Trinajstić information content (AvgIpc) is 2.62. The first-order chi connectivity index (χ1) is 12.0. The normalized spacial score (nSPS) is 11.3. The van der Waals surface area contributed by atoms with E-state index in [1.807, 2.05) is 0 Å². The summed E-state index contributed by atoms with van der Waals surface area (Å²) in [4.78, 5) is 26.6. The minimum atomic E-state index is -1.02. The largest absolute Gasteiger partial charge is 0.478 e. The number of carbonyl (C=O) groups is 2. The van der Waals surface area contributed by atoms with Crippen molar-refractivity contribution in [2.75, 3.05) is 12.4 Å². The highest BCUT2D eigenvalue weighted by molar-refractivity contribution is 6.05. The molecule has 0 heterocycles. The van der Waals surface area contributed by atoms with Gasteiger partial charge in [-0.2, -0.15) is 0 Å². The van der Waals surface area contributed by atoms with Crippen LogP contribution in [0.25, 0.3) is 6.08 Å². The van der Waals surface area contributed by atoms with Crippen molar-refractivity contribution in [2.24, 2.45) is 10.1 Å². The number of carbonyl (C=O) groups excluding carboxylic acids is 1. The molecule has 2 aromatic carbocycles. The van der Waals surface area contributed by atoms with Crippen LogP contribution in [0.5, 0.6) is 0 Å². The molecule has 0 atom stereocenters. The minimum absolute atomic E-state index is 0.279. The number of anilines is 1. The fourth-order valence-corrected chi connectivity index (χ4v) is 2.06. The first-order valence-corrected chi connectivity index (χ1v) is 7.30. The fourth-order valence-electron chi connectivity index (χ4n) is 2.06. The molecule has 0 spiro atoms. The van der Waals surface area contributed by atoms with Gasteiger partial charge in [0, 0.05) is 29.9 Å². The van der Waals surface area contributed by atoms with E-state index < -0.39 is 5.97 Å². The maximum Gasteiger partial charge on any atom is 0.328 e. The van der Waals surface area contributed by atoms with Gasteiger partial charge in [-0.25, -0.2) is 10.3 Å². The number of nitrogens with one attached hydrogen (secondary N) is 2. The van der Waals surface area contributed by atoms with Crippen LogP contribution < -0.4 is 5.32 Å². The molecule has 2 rings (SSSR count). The lowest BCUT2D eigenvalue weighted by atomic mass is 10.1. The molecule has 3 N–H and O–H groups in total. The number of hydrogen-bond acceptors (Lipinski definition) is 4. The van der Waals surface area contributed by atoms with Gasteiger partial charge in [-0.15, -0.1) is 5.11 Å². The van der Waals surface area contributed by atoms with E-state index in [9.17, 15) is 9.59 Å². The van der Waals surface area contributed by atoms with Crippen molar-refractivity contribution in [3.63, 3.8) is 0 Å². The number of nitrogens with zero attached hydrogens (tertiary/aromatic N) is 2. The zero-order valence-electron chi connectivity index (χ0n) is 13.4. The van der Waals surface area contributed by atoms with E-state index in [-0.39, 0.29) is 11.7 Å². The Labute approximate surface area is 144 Å². The van der Waals surface area contributed by atoms with Crippen molar-refractivity contribution in [3.05, 3.63) is 71.3 Å². The maximum absolute atomic E-state index is 12.2. The number of aliphatic imine (C=N–C) groups is 1. The van der Waals surface area contributed by atoms with Gasteiger partial charge >= 0.3 is 5.97 Å². The van der Waals surface area contributed by atoms with Gasteiger partial charge in [0.15, 0.2) is 5.84 Å². The molecule has 0 aliphatic heterocycles. The summed E-state index contributed by atoms with van der Waals surface area (Å²) in [6, 6.07) is 13.4. The molecule has 0 fully saturated rings. The lowest BCUT2D eigenvalue weighted by Crippen LogP contribution is -2.12. The Balaban J connectivity index is 2.06. The van der Waals surface area contributed by atoms with Crippen LogP contribution >= 0.6 is 0 Å². The second-order valence-electron chi connectivity index (χ2n) is 4.98. The van der Waals surface area contributed by atoms with Gasteiger partial charge in [0.25, 0.3) is 5.91 Å². The van der Waals surface area contributed by atoms with Crippen LogP contribution in [0.4, 0.5) is 5.69 Å². The van der Waals surface area contributed by atoms with Crippen molar-refractivity contribution in [1.82, 2.24) is 0 Å². The van der Waals surface area contributed by atoms with Crippen molar-refractivity contribution < 1.29 is 14.7 Å². The van der Waals surface area contributed by atoms with Crippen LogP contribution in [-0.2, 0) is 4.79 Å². The summed E-state index contributed by atoms with van der Waals surface area (Å²) in [5.74, 6) is -1.01. The quantitative estimate of drug-likeness (QED) is 0.336. The van der Waals surface area contributed by atoms with Gasteiger partial charge in [0.2, 0.25) is 0 Å². The number of hydrogen-bond donors (Lipinski definition) is 3. The van der Waals surface area contributed by atoms with Crippen LogP contribution in [0.3, 0.4) is 0 Å². The van der Waals surface area contributed by atoms with E-state index in [4.69, 9.17) is 10.6 Å². The van der Waals surface area contributed by atoms with E-state index in [1.165, 1.54) is 6.08 Å². The summed E-state index contributed by atoms with van der Waals surface area (Å²) in [6.45, 7) is 0. The third-order valence-corrected chi connectivity index (χ3v) is 3.31. The number of amides is 1. The summed E-state index contributed by atoms with van der Waals surface area (Å²) in [5, 5.41) is 14.7. The standard InChI is InChI=1S/C18H16N4O3/c1-20-17(22-19)13-5-7-14(8-6-13)18(25)21-15-9-2-12(3-10-15)4-11-16(23)24/h2-11,19H,1H3,(H,21,25)(H,23,24)/b11-4+,20-17?,22-19?. The van der Waals surface area contributed by atoms with E-state index in [0.29, 0.717) is 16.8 Å². The molecule has 0 radical (unpaired) electrons. The second kappa shape index (κ2) is 8.30. The Kier molecular flexibility index (Phi) is 5.89. The second-order valence-corrected chi connectivity index (χ2v) is 4.98. The predicted octanol–water partition coefficient (Wildman–Crippen LogP) is 3.44. The lowest BCUT2D eigenvalue weighted by Gasteiger charge is -2.06. The molecule has 0 aromatic heterocycles. The van der Waals surface area contributed by atoms with Gasteiger partial charge < -0.3 is 10.4 Å². The third kappa shape index (κ3) is 4.93. The number of benzene rings is 2. The maximum atomic E-state index is 12.2. The third-order valence-electron chi connectivity index (χ3n) is 3.31. The molecule has 0 saturated heterocycles. The SMILES string of the molecule is CN=C(N=N)c1ccc(C(=O)Nc2ccc(/C=C/C(=O)O)cc2)cc1. The Morgan fingerprint density at radius 3 is 2.16 bits per heavy atom. The van der Waals surface area contributed by atoms with Crippen LogP contribution in [0.15, 0.2) is 64.7 Å². The number of aliphatic carboxylic acids is 1. The topological polar surface area (TPSA) is 115 Å². The Morgan fingerprint density at radius 2 is 1.64 bits per heavy atom. The Bertz CT molecular complexity index is 838. The smallest absolute Gasteiger partial charge is 0.328 e. The highest BCUT2D eigenvalue weighted by atomic mass is 16.4. The van der Waals surface area contributed by atoms with Crippen molar-refractivity contribution in [3.8, 4) is 0 Å². The molecule has 7 nitrogen and oxygen atoms in total. The number of rotatable bonds is 5. The molecule has 25 heavy (non-hydrogen) atoms. The number of amidine groups is 1. The highest BCUT2D eigenvalue weighted by Crippen LogP contribution is 2.13. The van der Waals surface area contributed by atoms with E-state index in [2.05, 4.69) is 15.4 Å². The average molecular weight is 336 g/mol. The summed E-state index contributed by atoms with van der Waals surface area (Å²) in [6.07, 6.45) is 2.52. The van der Waals surface area contributed by atoms with Crippen molar-refractivity contribution in [1.29, 1.82) is 5.53 Å². The summed E-state index contributed by atoms with van der Waals surface area (Å²) in [7, 11) is 1.54. The van der Waals surface area contributed by atoms with Crippen LogP contribution in [0.1, 0.15) is 21.5 Å². The summed E-state index contributed by atoms with van der Waals surface area (Å²) in [5.41, 5.74) is 9.46. The molecule has 1 amide bonds. The molecular weight excluding hydrogens is 320 g/mol. The lowest BCUT2D eigenvalue weighted by molar-refractivity contribution is -0.131. The first-order valence-electron chi connectivity index (χ1n) is 7.30. The zero-order valence-corrected chi connectivity index (χ0v) is 13.4. The molecule has 2 aromatic rings. The van der Waals surface area contributed by atoms with E-state index >= 15 is 0 Å². The van der Waals surface area contributed by atoms with Crippen molar-refractivity contribution >= 4 is 29.5 Å². The van der Waals surface area contributed by atoms with Gasteiger partial charge in [0.1, 0.15) is 0 Å². The van der Waals surface area contributed by atoms with Crippen LogP contribution in [-0.4, -0.2) is 29.9 Å². The first kappa shape index (κ1) is 17.7. The van der Waals surface area contributed by atoms with Crippen LogP contribution in [0, 0.1) is 5.53 Å². The molecule has 0 saturated carbocycles. The summed E-state index contributed by atoms with van der Waals surface area (Å²) < 4.78 is 0. The molecule has 0 bridgehead atoms. The predicted molar refractivity (Wildman–Crippen MR) is 95.1 cm³/mol. The van der Waals surface area contributed by atoms with Gasteiger partial charge in [-0.3, -0.25) is 9.79 Å². The Hall–Kier alpha value is -3.61.